The van der Waals surface area contributed by atoms with E-state index < -0.39 is 5.91 Å². The van der Waals surface area contributed by atoms with E-state index in [9.17, 15) is 14.0 Å². The highest BCUT2D eigenvalue weighted by atomic mass is 19.1. The van der Waals surface area contributed by atoms with Crippen molar-refractivity contribution in [3.8, 4) is 22.8 Å². The van der Waals surface area contributed by atoms with Gasteiger partial charge in [0.2, 0.25) is 5.91 Å². The van der Waals surface area contributed by atoms with Crippen molar-refractivity contribution in [2.24, 2.45) is 0 Å². The van der Waals surface area contributed by atoms with Crippen molar-refractivity contribution < 1.29 is 23.5 Å². The number of carbonyl (C=O) groups is 2. The summed E-state index contributed by atoms with van der Waals surface area (Å²) in [5, 5.41) is 7.66. The van der Waals surface area contributed by atoms with Gasteiger partial charge in [-0.3, -0.25) is 9.59 Å². The monoisotopic (exact) mass is 464 g/mol. The molecule has 0 saturated carbocycles. The molecule has 34 heavy (non-hydrogen) atoms. The van der Waals surface area contributed by atoms with Gasteiger partial charge < -0.3 is 19.7 Å². The maximum atomic E-state index is 13.8. The molecule has 0 spiro atoms. The summed E-state index contributed by atoms with van der Waals surface area (Å²) >= 11 is 0. The Labute approximate surface area is 196 Å². The zero-order valence-electron chi connectivity index (χ0n) is 19.1. The smallest absolute Gasteiger partial charge is 0.256 e. The molecule has 5 rings (SSSR count). The van der Waals surface area contributed by atoms with Gasteiger partial charge in [0.05, 0.1) is 19.9 Å². The van der Waals surface area contributed by atoms with Gasteiger partial charge in [0.1, 0.15) is 12.2 Å². The molecule has 1 N–H and O–H groups in total. The Hall–Kier alpha value is -3.88. The Balaban J connectivity index is 1.56. The fourth-order valence-corrected chi connectivity index (χ4v) is 4.64. The van der Waals surface area contributed by atoms with E-state index in [-0.39, 0.29) is 18.1 Å². The standard InChI is InChI=1S/C25H25FN4O4/c1-33-20-11-15-10-19-24(18(15)13-21(20)34-2)30(23(32)14-22(31)29-8-3-4-9-29)28-25(19)27-17-7-5-6-16(26)12-17/h5-7,11-13H,3-4,8-10,14H2,1-2H3,(H,27,28). The molecule has 1 amide bonds. The van der Waals surface area contributed by atoms with E-state index >= 15 is 0 Å². The third kappa shape index (κ3) is 3.87. The molecule has 0 atom stereocenters. The fraction of sp³-hybridized carbons (Fsp3) is 0.320. The molecule has 3 aromatic rings. The number of amides is 1. The number of hydrogen-bond donors (Lipinski definition) is 1. The Morgan fingerprint density at radius 2 is 1.79 bits per heavy atom. The van der Waals surface area contributed by atoms with Crippen molar-refractivity contribution in [1.82, 2.24) is 14.7 Å². The second-order valence-electron chi connectivity index (χ2n) is 8.42. The summed E-state index contributed by atoms with van der Waals surface area (Å²) < 4.78 is 26.0. The van der Waals surface area contributed by atoms with E-state index in [4.69, 9.17) is 9.47 Å². The van der Waals surface area contributed by atoms with Gasteiger partial charge in [-0.15, -0.1) is 5.10 Å². The van der Waals surface area contributed by atoms with Gasteiger partial charge in [-0.2, -0.15) is 4.68 Å². The summed E-state index contributed by atoms with van der Waals surface area (Å²) in [5.74, 6) is 0.561. The zero-order valence-corrected chi connectivity index (χ0v) is 19.1. The molecule has 176 valence electrons. The minimum absolute atomic E-state index is 0.197. The highest BCUT2D eigenvalue weighted by molar-refractivity contribution is 6.00. The van der Waals surface area contributed by atoms with E-state index in [1.165, 1.54) is 16.8 Å². The van der Waals surface area contributed by atoms with E-state index in [2.05, 4.69) is 10.4 Å². The largest absolute Gasteiger partial charge is 0.493 e. The van der Waals surface area contributed by atoms with Crippen LogP contribution in [0.5, 0.6) is 11.5 Å². The van der Waals surface area contributed by atoms with Crippen LogP contribution in [0.15, 0.2) is 36.4 Å². The lowest BCUT2D eigenvalue weighted by molar-refractivity contribution is -0.129. The lowest BCUT2D eigenvalue weighted by Gasteiger charge is -2.15. The fourth-order valence-electron chi connectivity index (χ4n) is 4.64. The summed E-state index contributed by atoms with van der Waals surface area (Å²) in [5.41, 5.74) is 3.64. The second-order valence-corrected chi connectivity index (χ2v) is 8.42. The van der Waals surface area contributed by atoms with Crippen LogP contribution in [0.25, 0.3) is 11.3 Å². The third-order valence-corrected chi connectivity index (χ3v) is 6.30. The Morgan fingerprint density at radius 3 is 2.50 bits per heavy atom. The van der Waals surface area contributed by atoms with Gasteiger partial charge >= 0.3 is 0 Å². The van der Waals surface area contributed by atoms with Crippen LogP contribution in [0.4, 0.5) is 15.9 Å². The number of anilines is 2. The highest BCUT2D eigenvalue weighted by Crippen LogP contribution is 2.45. The van der Waals surface area contributed by atoms with Crippen LogP contribution in [0.3, 0.4) is 0 Å². The number of nitrogens with one attached hydrogen (secondary N) is 1. The van der Waals surface area contributed by atoms with Crippen LogP contribution < -0.4 is 14.8 Å². The van der Waals surface area contributed by atoms with Crippen LogP contribution in [-0.2, 0) is 11.2 Å². The molecule has 2 aromatic carbocycles. The molecule has 0 radical (unpaired) electrons. The van der Waals surface area contributed by atoms with Crippen LogP contribution >= 0.6 is 0 Å². The number of rotatable bonds is 6. The number of ether oxygens (including phenoxy) is 2. The molecule has 1 aliphatic carbocycles. The predicted molar refractivity (Wildman–Crippen MR) is 124 cm³/mol. The Bertz CT molecular complexity index is 1280. The summed E-state index contributed by atoms with van der Waals surface area (Å²) in [4.78, 5) is 27.7. The van der Waals surface area contributed by atoms with Gasteiger partial charge in [0, 0.05) is 36.3 Å². The molecular formula is C25H25FN4O4. The molecule has 0 unspecified atom stereocenters. The van der Waals surface area contributed by atoms with E-state index in [0.29, 0.717) is 48.2 Å². The van der Waals surface area contributed by atoms with Gasteiger partial charge in [-0.25, -0.2) is 4.39 Å². The van der Waals surface area contributed by atoms with E-state index in [0.717, 1.165) is 29.5 Å². The summed E-state index contributed by atoms with van der Waals surface area (Å²) in [6.45, 7) is 1.35. The molecule has 2 heterocycles. The summed E-state index contributed by atoms with van der Waals surface area (Å²) in [6, 6.07) is 9.74. The SMILES string of the molecule is COc1cc2c(cc1OC)-c1c(c(Nc3cccc(F)c3)nn1C(=O)CC(=O)N1CCCC1)C2. The maximum Gasteiger partial charge on any atom is 0.256 e. The van der Waals surface area contributed by atoms with Crippen molar-refractivity contribution in [1.29, 1.82) is 0 Å². The number of fused-ring (bicyclic) bond motifs is 3. The minimum atomic E-state index is -0.414. The lowest BCUT2D eigenvalue weighted by Crippen LogP contribution is -2.31. The zero-order chi connectivity index (χ0) is 23.8. The molecule has 1 fully saturated rings. The van der Waals surface area contributed by atoms with Crippen molar-refractivity contribution in [3.05, 3.63) is 53.3 Å². The van der Waals surface area contributed by atoms with Gasteiger partial charge in [0.25, 0.3) is 5.91 Å². The van der Waals surface area contributed by atoms with E-state index in [1.54, 1.807) is 31.3 Å². The molecule has 0 bridgehead atoms. The van der Waals surface area contributed by atoms with Crippen molar-refractivity contribution >= 4 is 23.3 Å². The van der Waals surface area contributed by atoms with Crippen LogP contribution in [0, 0.1) is 5.82 Å². The molecule has 1 aromatic heterocycles. The van der Waals surface area contributed by atoms with Gasteiger partial charge in [-0.1, -0.05) is 6.07 Å². The summed E-state index contributed by atoms with van der Waals surface area (Å²) in [6.07, 6.45) is 2.13. The number of likely N-dealkylation sites (tertiary alicyclic amines) is 1. The number of nitrogens with zero attached hydrogens (tertiary/aromatic N) is 3. The normalized spacial score (nSPS) is 14.0. The molecule has 1 saturated heterocycles. The predicted octanol–water partition coefficient (Wildman–Crippen LogP) is 4.01. The van der Waals surface area contributed by atoms with Crippen molar-refractivity contribution in [2.45, 2.75) is 25.7 Å². The first-order valence-corrected chi connectivity index (χ1v) is 11.2. The molecule has 8 nitrogen and oxygen atoms in total. The second kappa shape index (κ2) is 8.81. The topological polar surface area (TPSA) is 85.7 Å². The third-order valence-electron chi connectivity index (χ3n) is 6.30. The maximum absolute atomic E-state index is 13.8. The first-order valence-electron chi connectivity index (χ1n) is 11.2. The number of methoxy groups -OCH3 is 2. The number of aromatic nitrogens is 2. The Morgan fingerprint density at radius 1 is 1.06 bits per heavy atom. The van der Waals surface area contributed by atoms with Crippen molar-refractivity contribution in [2.75, 3.05) is 32.6 Å². The highest BCUT2D eigenvalue weighted by Gasteiger charge is 2.33. The van der Waals surface area contributed by atoms with E-state index in [1.807, 2.05) is 12.1 Å². The molecular weight excluding hydrogens is 439 g/mol. The van der Waals surface area contributed by atoms with Crippen LogP contribution in [-0.4, -0.2) is 53.8 Å². The van der Waals surface area contributed by atoms with Gasteiger partial charge in [-0.05, 0) is 48.7 Å². The number of carbonyl (C=O) groups excluding carboxylic acids is 2. The van der Waals surface area contributed by atoms with Crippen molar-refractivity contribution in [3.63, 3.8) is 0 Å². The number of benzene rings is 2. The first kappa shape index (κ1) is 21.9. The Kier molecular flexibility index (Phi) is 5.69. The molecule has 9 heteroatoms. The van der Waals surface area contributed by atoms with Crippen LogP contribution in [0.2, 0.25) is 0 Å². The minimum Gasteiger partial charge on any atom is -0.493 e. The number of halogens is 1. The quantitative estimate of drug-likeness (QED) is 0.434. The average molecular weight is 464 g/mol. The molecule has 2 aliphatic rings. The first-order chi connectivity index (χ1) is 16.5. The van der Waals surface area contributed by atoms with Gasteiger partial charge in [0.15, 0.2) is 17.3 Å². The molecule has 1 aliphatic heterocycles. The van der Waals surface area contributed by atoms with Crippen LogP contribution in [0.1, 0.15) is 35.2 Å². The lowest BCUT2D eigenvalue weighted by atomic mass is 10.1. The number of hydrogen-bond acceptors (Lipinski definition) is 6. The average Bonchev–Trinajstić information content (AvgIpc) is 3.55. The summed E-state index contributed by atoms with van der Waals surface area (Å²) in [7, 11) is 3.12.